The zero-order valence-corrected chi connectivity index (χ0v) is 14.5. The summed E-state index contributed by atoms with van der Waals surface area (Å²) in [5.74, 6) is 0.759. The van der Waals surface area contributed by atoms with Crippen LogP contribution in [0.5, 0.6) is 0 Å². The number of benzene rings is 1. The Balaban J connectivity index is 1.58. The van der Waals surface area contributed by atoms with Gasteiger partial charge in [-0.1, -0.05) is 29.3 Å². The molecule has 0 saturated carbocycles. The number of carbonyl (C=O) groups is 1. The van der Waals surface area contributed by atoms with Gasteiger partial charge in [0.15, 0.2) is 0 Å². The predicted octanol–water partition coefficient (Wildman–Crippen LogP) is 3.41. The smallest absolute Gasteiger partial charge is 0.228 e. The van der Waals surface area contributed by atoms with Crippen LogP contribution < -0.4 is 10.2 Å². The highest BCUT2D eigenvalue weighted by Crippen LogP contribution is 2.23. The van der Waals surface area contributed by atoms with Gasteiger partial charge < -0.3 is 15.0 Å². The van der Waals surface area contributed by atoms with Gasteiger partial charge in [0, 0.05) is 13.1 Å². The Morgan fingerprint density at radius 3 is 2.62 bits per heavy atom. The summed E-state index contributed by atoms with van der Waals surface area (Å²) >= 11 is 11.8. The van der Waals surface area contributed by atoms with Gasteiger partial charge in [-0.05, 0) is 29.8 Å². The molecule has 0 aliphatic carbocycles. The van der Waals surface area contributed by atoms with Gasteiger partial charge in [0.25, 0.3) is 0 Å². The first-order valence-corrected chi connectivity index (χ1v) is 8.40. The van der Waals surface area contributed by atoms with Gasteiger partial charge in [0.1, 0.15) is 5.82 Å². The fraction of sp³-hybridized carbons (Fsp3) is 0.294. The molecule has 5 nitrogen and oxygen atoms in total. The molecule has 1 aliphatic heterocycles. The topological polar surface area (TPSA) is 54.5 Å². The van der Waals surface area contributed by atoms with Gasteiger partial charge >= 0.3 is 0 Å². The summed E-state index contributed by atoms with van der Waals surface area (Å²) in [4.78, 5) is 18.7. The number of morpholine rings is 1. The van der Waals surface area contributed by atoms with Crippen LogP contribution in [0.4, 0.5) is 11.5 Å². The maximum atomic E-state index is 12.1. The minimum Gasteiger partial charge on any atom is -0.378 e. The van der Waals surface area contributed by atoms with Gasteiger partial charge in [0.2, 0.25) is 5.91 Å². The molecule has 3 rings (SSSR count). The number of aromatic nitrogens is 1. The second-order valence-electron chi connectivity index (χ2n) is 5.48. The highest BCUT2D eigenvalue weighted by atomic mass is 35.5. The molecule has 7 heteroatoms. The van der Waals surface area contributed by atoms with E-state index in [0.717, 1.165) is 24.5 Å². The fourth-order valence-corrected chi connectivity index (χ4v) is 2.80. The van der Waals surface area contributed by atoms with Crippen molar-refractivity contribution in [3.8, 4) is 0 Å². The summed E-state index contributed by atoms with van der Waals surface area (Å²) in [5.41, 5.74) is 1.47. The van der Waals surface area contributed by atoms with Crippen LogP contribution in [0.1, 0.15) is 5.56 Å². The molecule has 1 aromatic heterocycles. The summed E-state index contributed by atoms with van der Waals surface area (Å²) in [5, 5.41) is 3.75. The third kappa shape index (κ3) is 4.38. The van der Waals surface area contributed by atoms with Crippen molar-refractivity contribution in [1.82, 2.24) is 4.98 Å². The molecule has 1 amide bonds. The van der Waals surface area contributed by atoms with Gasteiger partial charge in [-0.2, -0.15) is 0 Å². The Morgan fingerprint density at radius 1 is 1.17 bits per heavy atom. The second kappa shape index (κ2) is 7.83. The number of nitrogens with zero attached hydrogens (tertiary/aromatic N) is 2. The van der Waals surface area contributed by atoms with Gasteiger partial charge in [0.05, 0.1) is 41.6 Å². The lowest BCUT2D eigenvalue weighted by Gasteiger charge is -2.27. The third-order valence-electron chi connectivity index (χ3n) is 3.72. The molecule has 0 spiro atoms. The van der Waals surface area contributed by atoms with E-state index in [1.54, 1.807) is 24.4 Å². The number of rotatable bonds is 4. The summed E-state index contributed by atoms with van der Waals surface area (Å²) in [7, 11) is 0. The first-order valence-electron chi connectivity index (χ1n) is 7.64. The molecular formula is C17H17Cl2N3O2. The molecule has 24 heavy (non-hydrogen) atoms. The third-order valence-corrected chi connectivity index (χ3v) is 4.45. The summed E-state index contributed by atoms with van der Waals surface area (Å²) in [6.07, 6.45) is 1.89. The first-order chi connectivity index (χ1) is 11.6. The van der Waals surface area contributed by atoms with E-state index in [4.69, 9.17) is 27.9 Å². The number of anilines is 2. The fourth-order valence-electron chi connectivity index (χ4n) is 2.48. The maximum absolute atomic E-state index is 12.1. The number of ether oxygens (including phenoxy) is 1. The van der Waals surface area contributed by atoms with Crippen molar-refractivity contribution in [2.45, 2.75) is 6.42 Å². The number of hydrogen-bond donors (Lipinski definition) is 1. The van der Waals surface area contributed by atoms with Crippen LogP contribution >= 0.6 is 23.2 Å². The van der Waals surface area contributed by atoms with Crippen molar-refractivity contribution in [3.63, 3.8) is 0 Å². The zero-order chi connectivity index (χ0) is 16.9. The number of halogens is 2. The molecule has 0 atom stereocenters. The second-order valence-corrected chi connectivity index (χ2v) is 6.29. The molecule has 1 saturated heterocycles. The van der Waals surface area contributed by atoms with Crippen LogP contribution in [0.2, 0.25) is 10.0 Å². The van der Waals surface area contributed by atoms with E-state index in [2.05, 4.69) is 15.2 Å². The Kier molecular flexibility index (Phi) is 5.56. The summed E-state index contributed by atoms with van der Waals surface area (Å²) in [6.45, 7) is 3.08. The van der Waals surface area contributed by atoms with Crippen LogP contribution in [-0.2, 0) is 16.0 Å². The van der Waals surface area contributed by atoms with E-state index in [0.29, 0.717) is 28.9 Å². The quantitative estimate of drug-likeness (QED) is 0.901. The average Bonchev–Trinajstić information content (AvgIpc) is 2.59. The van der Waals surface area contributed by atoms with Crippen molar-refractivity contribution in [2.75, 3.05) is 36.5 Å². The van der Waals surface area contributed by atoms with E-state index >= 15 is 0 Å². The van der Waals surface area contributed by atoms with Crippen molar-refractivity contribution in [2.24, 2.45) is 0 Å². The first kappa shape index (κ1) is 17.0. The lowest BCUT2D eigenvalue weighted by Crippen LogP contribution is -2.36. The minimum atomic E-state index is -0.130. The van der Waals surface area contributed by atoms with Crippen LogP contribution in [0, 0.1) is 0 Å². The van der Waals surface area contributed by atoms with Crippen LogP contribution in [0.15, 0.2) is 36.5 Å². The molecule has 0 bridgehead atoms. The van der Waals surface area contributed by atoms with Crippen LogP contribution in [0.3, 0.4) is 0 Å². The van der Waals surface area contributed by atoms with Crippen molar-refractivity contribution in [3.05, 3.63) is 52.1 Å². The SMILES string of the molecule is O=C(Cc1ccc(Cl)c(Cl)c1)Nc1ccc(N2CCOCC2)nc1. The summed E-state index contributed by atoms with van der Waals surface area (Å²) < 4.78 is 5.33. The van der Waals surface area contributed by atoms with E-state index in [9.17, 15) is 4.79 Å². The van der Waals surface area contributed by atoms with Crippen LogP contribution in [-0.4, -0.2) is 37.2 Å². The molecule has 0 unspecified atom stereocenters. The molecule has 0 radical (unpaired) electrons. The monoisotopic (exact) mass is 365 g/mol. The molecule has 1 N–H and O–H groups in total. The summed E-state index contributed by atoms with van der Waals surface area (Å²) in [6, 6.07) is 8.92. The highest BCUT2D eigenvalue weighted by molar-refractivity contribution is 6.42. The number of nitrogens with one attached hydrogen (secondary N) is 1. The number of carbonyl (C=O) groups excluding carboxylic acids is 1. The minimum absolute atomic E-state index is 0.130. The van der Waals surface area contributed by atoms with Gasteiger partial charge in [-0.25, -0.2) is 4.98 Å². The Bertz CT molecular complexity index is 716. The van der Waals surface area contributed by atoms with Crippen molar-refractivity contribution in [1.29, 1.82) is 0 Å². The lowest BCUT2D eigenvalue weighted by atomic mass is 10.1. The molecule has 1 fully saturated rings. The number of pyridine rings is 1. The largest absolute Gasteiger partial charge is 0.378 e. The van der Waals surface area contributed by atoms with Gasteiger partial charge in [-0.15, -0.1) is 0 Å². The Morgan fingerprint density at radius 2 is 1.96 bits per heavy atom. The van der Waals surface area contributed by atoms with E-state index < -0.39 is 0 Å². The average molecular weight is 366 g/mol. The van der Waals surface area contributed by atoms with Crippen molar-refractivity contribution >= 4 is 40.6 Å². The van der Waals surface area contributed by atoms with Crippen molar-refractivity contribution < 1.29 is 9.53 Å². The molecule has 1 aromatic carbocycles. The standard InChI is InChI=1S/C17H17Cl2N3O2/c18-14-3-1-12(9-15(14)19)10-17(23)21-13-2-4-16(20-11-13)22-5-7-24-8-6-22/h1-4,9,11H,5-8,10H2,(H,21,23). The lowest BCUT2D eigenvalue weighted by molar-refractivity contribution is -0.115. The van der Waals surface area contributed by atoms with E-state index in [-0.39, 0.29) is 12.3 Å². The molecule has 2 aromatic rings. The molecule has 1 aliphatic rings. The predicted molar refractivity (Wildman–Crippen MR) is 96.1 cm³/mol. The van der Waals surface area contributed by atoms with E-state index in [1.807, 2.05) is 12.1 Å². The normalized spacial score (nSPS) is 14.5. The van der Waals surface area contributed by atoms with Crippen LogP contribution in [0.25, 0.3) is 0 Å². The Hall–Kier alpha value is -1.82. The zero-order valence-electron chi connectivity index (χ0n) is 13.0. The van der Waals surface area contributed by atoms with Gasteiger partial charge in [-0.3, -0.25) is 4.79 Å². The number of hydrogen-bond acceptors (Lipinski definition) is 4. The van der Waals surface area contributed by atoms with E-state index in [1.165, 1.54) is 0 Å². The maximum Gasteiger partial charge on any atom is 0.228 e. The number of amides is 1. The Labute approximate surface area is 150 Å². The highest BCUT2D eigenvalue weighted by Gasteiger charge is 2.12. The molecule has 126 valence electrons. The molecular weight excluding hydrogens is 349 g/mol. The molecule has 2 heterocycles.